The molecule has 0 radical (unpaired) electrons. The summed E-state index contributed by atoms with van der Waals surface area (Å²) in [4.78, 5) is 24.2. The summed E-state index contributed by atoms with van der Waals surface area (Å²) in [5.41, 5.74) is -0.0535. The number of aliphatic carboxylic acids is 1. The van der Waals surface area contributed by atoms with Crippen LogP contribution in [0.1, 0.15) is 13.3 Å². The molecular weight excluding hydrogens is 314 g/mol. The number of β-lactam (4-membered cyclic amide) rings is 1. The summed E-state index contributed by atoms with van der Waals surface area (Å²) >= 11 is 2.48. The second kappa shape index (κ2) is 6.04. The van der Waals surface area contributed by atoms with E-state index in [1.54, 1.807) is 6.08 Å². The van der Waals surface area contributed by atoms with Crippen molar-refractivity contribution in [3.8, 4) is 0 Å². The number of carboxylic acid groups (broad SMARTS) is 1. The van der Waals surface area contributed by atoms with Gasteiger partial charge in [-0.2, -0.15) is 0 Å². The van der Waals surface area contributed by atoms with Gasteiger partial charge in [-0.15, -0.1) is 18.3 Å². The topological polar surface area (TPSA) is 98.1 Å². The molecule has 0 saturated carbocycles. The van der Waals surface area contributed by atoms with Gasteiger partial charge in [0, 0.05) is 5.75 Å². The SMILES string of the molecule is C=CC[C@]12SC(SCCO)=C(C(=O)O)N1C(=O)[C@@H]2C(C)O. The van der Waals surface area contributed by atoms with Crippen molar-refractivity contribution in [1.29, 1.82) is 0 Å². The van der Waals surface area contributed by atoms with Crippen LogP contribution < -0.4 is 0 Å². The highest BCUT2D eigenvalue weighted by Crippen LogP contribution is 2.62. The molecule has 0 aromatic heterocycles. The minimum atomic E-state index is -1.17. The molecule has 116 valence electrons. The van der Waals surface area contributed by atoms with Crippen LogP contribution in [0.5, 0.6) is 0 Å². The molecule has 0 aliphatic carbocycles. The smallest absolute Gasteiger partial charge is 0.354 e. The summed E-state index contributed by atoms with van der Waals surface area (Å²) in [6, 6.07) is 0. The number of amides is 1. The van der Waals surface area contributed by atoms with Gasteiger partial charge >= 0.3 is 5.97 Å². The Hall–Kier alpha value is -0.960. The average Bonchev–Trinajstić information content (AvgIpc) is 2.66. The summed E-state index contributed by atoms with van der Waals surface area (Å²) < 4.78 is 0.495. The zero-order chi connectivity index (χ0) is 15.8. The maximum atomic E-state index is 12.3. The van der Waals surface area contributed by atoms with Crippen LogP contribution in [0, 0.1) is 5.92 Å². The Bertz CT molecular complexity index is 519. The molecule has 0 aromatic carbocycles. The number of nitrogens with zero attached hydrogens (tertiary/aromatic N) is 1. The van der Waals surface area contributed by atoms with Crippen LogP contribution in [0.2, 0.25) is 0 Å². The largest absolute Gasteiger partial charge is 0.477 e. The van der Waals surface area contributed by atoms with Gasteiger partial charge in [0.1, 0.15) is 4.87 Å². The maximum absolute atomic E-state index is 12.3. The molecule has 1 saturated heterocycles. The van der Waals surface area contributed by atoms with Crippen molar-refractivity contribution < 1.29 is 24.9 Å². The van der Waals surface area contributed by atoms with Crippen molar-refractivity contribution in [1.82, 2.24) is 4.90 Å². The zero-order valence-corrected chi connectivity index (χ0v) is 13.1. The monoisotopic (exact) mass is 331 g/mol. The molecule has 2 aliphatic rings. The standard InChI is InChI=1S/C13H17NO5S2/c1-3-4-13-8(7(2)16)10(17)14(13)9(11(18)19)12(21-13)20-6-5-15/h3,7-8,15-16H,1,4-6H2,2H3,(H,18,19)/t7?,8-,13+/m0/s1. The van der Waals surface area contributed by atoms with Crippen LogP contribution in [0.25, 0.3) is 0 Å². The van der Waals surface area contributed by atoms with Crippen molar-refractivity contribution in [2.45, 2.75) is 24.3 Å². The highest BCUT2D eigenvalue weighted by molar-refractivity contribution is 8.23. The Morgan fingerprint density at radius 1 is 1.67 bits per heavy atom. The van der Waals surface area contributed by atoms with Crippen LogP contribution in [0.3, 0.4) is 0 Å². The zero-order valence-electron chi connectivity index (χ0n) is 11.5. The number of carbonyl (C=O) groups is 2. The van der Waals surface area contributed by atoms with Crippen LogP contribution >= 0.6 is 23.5 Å². The van der Waals surface area contributed by atoms with Gasteiger partial charge in [0.25, 0.3) is 0 Å². The lowest BCUT2D eigenvalue weighted by molar-refractivity contribution is -0.166. The lowest BCUT2D eigenvalue weighted by atomic mass is 9.80. The molecule has 2 heterocycles. The molecular formula is C13H17NO5S2. The molecule has 8 heteroatoms. The second-order valence-electron chi connectivity index (χ2n) is 4.84. The molecule has 2 rings (SSSR count). The molecule has 0 bridgehead atoms. The predicted octanol–water partition coefficient (Wildman–Crippen LogP) is 0.824. The van der Waals surface area contributed by atoms with Gasteiger partial charge < -0.3 is 15.3 Å². The number of aliphatic hydroxyl groups is 2. The Morgan fingerprint density at radius 3 is 2.81 bits per heavy atom. The van der Waals surface area contributed by atoms with Crippen LogP contribution in [-0.2, 0) is 9.59 Å². The highest BCUT2D eigenvalue weighted by atomic mass is 32.2. The summed E-state index contributed by atoms with van der Waals surface area (Å²) in [7, 11) is 0. The third-order valence-electron chi connectivity index (χ3n) is 3.48. The van der Waals surface area contributed by atoms with Crippen molar-refractivity contribution in [3.05, 3.63) is 22.6 Å². The Labute approximate surface area is 130 Å². The minimum absolute atomic E-state index is 0.0535. The quantitative estimate of drug-likeness (QED) is 0.469. The molecule has 1 amide bonds. The molecule has 3 atom stereocenters. The fourth-order valence-electron chi connectivity index (χ4n) is 2.77. The van der Waals surface area contributed by atoms with E-state index in [2.05, 4.69) is 6.58 Å². The predicted molar refractivity (Wildman–Crippen MR) is 81.4 cm³/mol. The van der Waals surface area contributed by atoms with E-state index >= 15 is 0 Å². The van der Waals surface area contributed by atoms with Crippen LogP contribution in [0.15, 0.2) is 22.6 Å². The van der Waals surface area contributed by atoms with E-state index in [9.17, 15) is 19.8 Å². The van der Waals surface area contributed by atoms with Gasteiger partial charge in [-0.05, 0) is 13.3 Å². The fourth-order valence-corrected chi connectivity index (χ4v) is 5.77. The van der Waals surface area contributed by atoms with E-state index in [1.807, 2.05) is 0 Å². The number of carbonyl (C=O) groups excluding carboxylic acids is 1. The first-order chi connectivity index (χ1) is 9.90. The van der Waals surface area contributed by atoms with Gasteiger partial charge in [0.15, 0.2) is 5.70 Å². The van der Waals surface area contributed by atoms with Gasteiger partial charge in [-0.3, -0.25) is 9.69 Å². The maximum Gasteiger partial charge on any atom is 0.354 e. The van der Waals surface area contributed by atoms with Crippen molar-refractivity contribution in [2.75, 3.05) is 12.4 Å². The van der Waals surface area contributed by atoms with Crippen molar-refractivity contribution in [3.63, 3.8) is 0 Å². The molecule has 2 aliphatic heterocycles. The summed E-state index contributed by atoms with van der Waals surface area (Å²) in [6.45, 7) is 5.12. The Kier molecular flexibility index (Phi) is 4.72. The van der Waals surface area contributed by atoms with E-state index in [0.29, 0.717) is 16.4 Å². The van der Waals surface area contributed by atoms with Gasteiger partial charge in [0.2, 0.25) is 5.91 Å². The van der Waals surface area contributed by atoms with Crippen molar-refractivity contribution >= 4 is 35.4 Å². The van der Waals surface area contributed by atoms with Crippen molar-refractivity contribution in [2.24, 2.45) is 5.92 Å². The Morgan fingerprint density at radius 2 is 2.33 bits per heavy atom. The number of fused-ring (bicyclic) bond motifs is 1. The van der Waals surface area contributed by atoms with E-state index in [4.69, 9.17) is 5.11 Å². The lowest BCUT2D eigenvalue weighted by Crippen LogP contribution is -2.69. The number of hydrogen-bond donors (Lipinski definition) is 3. The first kappa shape index (κ1) is 16.4. The lowest BCUT2D eigenvalue weighted by Gasteiger charge is -2.54. The summed E-state index contributed by atoms with van der Waals surface area (Å²) in [6.07, 6.45) is 1.15. The molecule has 0 spiro atoms. The Balaban J connectivity index is 2.41. The third-order valence-corrected chi connectivity index (χ3v) is 6.26. The van der Waals surface area contributed by atoms with Gasteiger partial charge in [-0.1, -0.05) is 17.8 Å². The van der Waals surface area contributed by atoms with Gasteiger partial charge in [0.05, 0.1) is 22.9 Å². The number of thioether (sulfide) groups is 2. The van der Waals surface area contributed by atoms with E-state index in [0.717, 1.165) is 0 Å². The first-order valence-electron chi connectivity index (χ1n) is 6.44. The molecule has 6 nitrogen and oxygen atoms in total. The molecule has 1 unspecified atom stereocenters. The highest BCUT2D eigenvalue weighted by Gasteiger charge is 2.67. The first-order valence-corrected chi connectivity index (χ1v) is 8.24. The molecule has 1 fully saturated rings. The fraction of sp³-hybridized carbons (Fsp3) is 0.538. The number of aliphatic hydroxyl groups excluding tert-OH is 2. The normalized spacial score (nSPS) is 29.2. The summed E-state index contributed by atoms with van der Waals surface area (Å²) in [5.74, 6) is -1.85. The minimum Gasteiger partial charge on any atom is -0.477 e. The van der Waals surface area contributed by atoms with E-state index in [1.165, 1.54) is 35.3 Å². The molecule has 3 N–H and O–H groups in total. The summed E-state index contributed by atoms with van der Waals surface area (Å²) in [5, 5.41) is 28.2. The van der Waals surface area contributed by atoms with Crippen LogP contribution in [0.4, 0.5) is 0 Å². The number of carboxylic acids is 1. The second-order valence-corrected chi connectivity index (χ2v) is 7.53. The van der Waals surface area contributed by atoms with Gasteiger partial charge in [-0.25, -0.2) is 4.79 Å². The molecule has 21 heavy (non-hydrogen) atoms. The third kappa shape index (κ3) is 2.40. The van der Waals surface area contributed by atoms with E-state index in [-0.39, 0.29) is 18.2 Å². The number of hydrogen-bond acceptors (Lipinski definition) is 6. The number of rotatable bonds is 7. The van der Waals surface area contributed by atoms with E-state index < -0.39 is 22.9 Å². The molecule has 0 aromatic rings. The average molecular weight is 331 g/mol. The van der Waals surface area contributed by atoms with Crippen LogP contribution in [-0.4, -0.2) is 55.4 Å².